The number of carbonyl (C=O) groups is 1. The van der Waals surface area contributed by atoms with Crippen LogP contribution in [0.15, 0.2) is 16.6 Å². The summed E-state index contributed by atoms with van der Waals surface area (Å²) in [6.07, 6.45) is 0. The molecule has 82 valence electrons. The second kappa shape index (κ2) is 5.14. The third-order valence-electron chi connectivity index (χ3n) is 1.96. The van der Waals surface area contributed by atoms with Gasteiger partial charge in [-0.15, -0.1) is 0 Å². The number of hydrogen-bond acceptors (Lipinski definition) is 3. The summed E-state index contributed by atoms with van der Waals surface area (Å²) >= 11 is 3.41. The van der Waals surface area contributed by atoms with Gasteiger partial charge in [0.25, 0.3) is 5.91 Å². The van der Waals surface area contributed by atoms with E-state index in [1.54, 1.807) is 6.07 Å². The highest BCUT2D eigenvalue weighted by Gasteiger charge is 2.13. The molecule has 0 bridgehead atoms. The minimum absolute atomic E-state index is 0.296. The van der Waals surface area contributed by atoms with Crippen LogP contribution in [0.4, 0.5) is 5.69 Å². The lowest BCUT2D eigenvalue weighted by Gasteiger charge is -2.12. The molecule has 1 aromatic rings. The predicted molar refractivity (Wildman–Crippen MR) is 64.7 cm³/mol. The molecule has 4 nitrogen and oxygen atoms in total. The van der Waals surface area contributed by atoms with Crippen molar-refractivity contribution in [3.63, 3.8) is 0 Å². The predicted octanol–water partition coefficient (Wildman–Crippen LogP) is 1.79. The second-order valence-corrected chi connectivity index (χ2v) is 4.03. The maximum atomic E-state index is 11.5. The lowest BCUT2D eigenvalue weighted by atomic mass is 10.1. The fourth-order valence-corrected chi connectivity index (χ4v) is 2.07. The molecule has 0 aliphatic heterocycles. The molecule has 0 radical (unpaired) electrons. The van der Waals surface area contributed by atoms with E-state index in [0.29, 0.717) is 5.56 Å². The largest absolute Gasteiger partial charge is 0.384 e. The van der Waals surface area contributed by atoms with Crippen molar-refractivity contribution in [2.45, 2.75) is 13.8 Å². The molecule has 1 aromatic carbocycles. The van der Waals surface area contributed by atoms with Gasteiger partial charge >= 0.3 is 0 Å². The number of amides is 1. The fourth-order valence-electron chi connectivity index (χ4n) is 1.36. The highest BCUT2D eigenvalue weighted by molar-refractivity contribution is 9.10. The first kappa shape index (κ1) is 12.0. The van der Waals surface area contributed by atoms with Crippen molar-refractivity contribution in [1.82, 2.24) is 5.43 Å². The van der Waals surface area contributed by atoms with E-state index in [1.807, 2.05) is 19.9 Å². The van der Waals surface area contributed by atoms with Gasteiger partial charge in [0.2, 0.25) is 0 Å². The second-order valence-electron chi connectivity index (χ2n) is 3.17. The summed E-state index contributed by atoms with van der Waals surface area (Å²) in [5.41, 5.74) is 4.45. The lowest BCUT2D eigenvalue weighted by molar-refractivity contribution is 0.0954. The number of hydrazine groups is 1. The number of hydrogen-bond donors (Lipinski definition) is 3. The molecule has 4 N–H and O–H groups in total. The minimum Gasteiger partial charge on any atom is -0.384 e. The molecule has 0 heterocycles. The van der Waals surface area contributed by atoms with Crippen molar-refractivity contribution >= 4 is 27.5 Å². The SMILES string of the molecule is CCNc1c(Br)cc(C)cc1C(=O)NN. The maximum absolute atomic E-state index is 11.5. The lowest BCUT2D eigenvalue weighted by Crippen LogP contribution is -2.30. The van der Waals surface area contributed by atoms with Gasteiger partial charge in [-0.05, 0) is 47.5 Å². The zero-order valence-corrected chi connectivity index (χ0v) is 10.3. The zero-order valence-electron chi connectivity index (χ0n) is 8.73. The molecule has 0 aliphatic rings. The van der Waals surface area contributed by atoms with Gasteiger partial charge in [-0.2, -0.15) is 0 Å². The van der Waals surface area contributed by atoms with Gasteiger partial charge in [0.1, 0.15) is 0 Å². The monoisotopic (exact) mass is 271 g/mol. The van der Waals surface area contributed by atoms with Crippen molar-refractivity contribution in [3.05, 3.63) is 27.7 Å². The highest BCUT2D eigenvalue weighted by atomic mass is 79.9. The molecule has 0 aliphatic carbocycles. The molecule has 0 aromatic heterocycles. The van der Waals surface area contributed by atoms with Crippen LogP contribution in [-0.2, 0) is 0 Å². The topological polar surface area (TPSA) is 67.2 Å². The Bertz CT molecular complexity index is 379. The highest BCUT2D eigenvalue weighted by Crippen LogP contribution is 2.28. The van der Waals surface area contributed by atoms with Crippen molar-refractivity contribution < 1.29 is 4.79 Å². The number of carbonyl (C=O) groups excluding carboxylic acids is 1. The van der Waals surface area contributed by atoms with Crippen LogP contribution in [0.25, 0.3) is 0 Å². The first-order valence-corrected chi connectivity index (χ1v) is 5.44. The average molecular weight is 272 g/mol. The maximum Gasteiger partial charge on any atom is 0.267 e. The third-order valence-corrected chi connectivity index (χ3v) is 2.59. The van der Waals surface area contributed by atoms with E-state index in [0.717, 1.165) is 22.3 Å². The Balaban J connectivity index is 3.26. The summed E-state index contributed by atoms with van der Waals surface area (Å²) in [7, 11) is 0. The van der Waals surface area contributed by atoms with Gasteiger partial charge in [0.05, 0.1) is 11.3 Å². The molecule has 0 atom stereocenters. The molecule has 0 saturated carbocycles. The summed E-state index contributed by atoms with van der Waals surface area (Å²) in [6.45, 7) is 4.64. The summed E-state index contributed by atoms with van der Waals surface area (Å²) in [4.78, 5) is 11.5. The number of aryl methyl sites for hydroxylation is 1. The smallest absolute Gasteiger partial charge is 0.267 e. The quantitative estimate of drug-likeness (QED) is 0.446. The van der Waals surface area contributed by atoms with Crippen LogP contribution in [0.5, 0.6) is 0 Å². The minimum atomic E-state index is -0.296. The molecule has 5 heteroatoms. The number of benzene rings is 1. The standard InChI is InChI=1S/C10H14BrN3O/c1-3-13-9-7(10(15)14-12)4-6(2)5-8(9)11/h4-5,13H,3,12H2,1-2H3,(H,14,15). The Morgan fingerprint density at radius 2 is 2.20 bits per heavy atom. The van der Waals surface area contributed by atoms with E-state index in [1.165, 1.54) is 0 Å². The van der Waals surface area contributed by atoms with E-state index in [4.69, 9.17) is 5.84 Å². The Morgan fingerprint density at radius 3 is 2.73 bits per heavy atom. The molecule has 15 heavy (non-hydrogen) atoms. The fraction of sp³-hybridized carbons (Fsp3) is 0.300. The summed E-state index contributed by atoms with van der Waals surface area (Å²) in [6, 6.07) is 3.75. The van der Waals surface area contributed by atoms with Gasteiger partial charge in [0.15, 0.2) is 0 Å². The average Bonchev–Trinajstić information content (AvgIpc) is 2.20. The van der Waals surface area contributed by atoms with Crippen LogP contribution < -0.4 is 16.6 Å². The van der Waals surface area contributed by atoms with Crippen molar-refractivity contribution in [2.24, 2.45) is 5.84 Å². The first-order valence-electron chi connectivity index (χ1n) is 4.65. The Morgan fingerprint density at radius 1 is 1.53 bits per heavy atom. The molecule has 0 unspecified atom stereocenters. The number of anilines is 1. The van der Waals surface area contributed by atoms with Gasteiger partial charge in [-0.1, -0.05) is 0 Å². The molecule has 0 saturated heterocycles. The van der Waals surface area contributed by atoms with Gasteiger partial charge in [-0.25, -0.2) is 5.84 Å². The number of nitrogens with two attached hydrogens (primary N) is 1. The molecule has 1 amide bonds. The van der Waals surface area contributed by atoms with Crippen LogP contribution in [0.2, 0.25) is 0 Å². The molecule has 0 fully saturated rings. The number of rotatable bonds is 3. The van der Waals surface area contributed by atoms with Gasteiger partial charge in [-0.3, -0.25) is 10.2 Å². The van der Waals surface area contributed by atoms with E-state index in [9.17, 15) is 4.79 Å². The number of halogens is 1. The molecular weight excluding hydrogens is 258 g/mol. The first-order chi connectivity index (χ1) is 7.10. The van der Waals surface area contributed by atoms with E-state index < -0.39 is 0 Å². The number of nitrogen functional groups attached to an aromatic ring is 1. The normalized spacial score (nSPS) is 9.87. The van der Waals surface area contributed by atoms with E-state index in [2.05, 4.69) is 26.7 Å². The van der Waals surface area contributed by atoms with E-state index in [-0.39, 0.29) is 5.91 Å². The van der Waals surface area contributed by atoms with Crippen molar-refractivity contribution in [1.29, 1.82) is 0 Å². The van der Waals surface area contributed by atoms with Crippen LogP contribution in [0.3, 0.4) is 0 Å². The van der Waals surface area contributed by atoms with Crippen LogP contribution in [0.1, 0.15) is 22.8 Å². The number of nitrogens with one attached hydrogen (secondary N) is 2. The summed E-state index contributed by atoms with van der Waals surface area (Å²) in [5.74, 6) is 4.83. The Hall–Kier alpha value is -1.07. The molecule has 0 spiro atoms. The molecular formula is C10H14BrN3O. The van der Waals surface area contributed by atoms with Gasteiger partial charge < -0.3 is 5.32 Å². The van der Waals surface area contributed by atoms with Crippen LogP contribution in [-0.4, -0.2) is 12.5 Å². The van der Waals surface area contributed by atoms with Crippen molar-refractivity contribution in [2.75, 3.05) is 11.9 Å². The Labute approximate surface area is 97.3 Å². The zero-order chi connectivity index (χ0) is 11.4. The van der Waals surface area contributed by atoms with Crippen molar-refractivity contribution in [3.8, 4) is 0 Å². The van der Waals surface area contributed by atoms with Gasteiger partial charge in [0, 0.05) is 11.0 Å². The molecule has 1 rings (SSSR count). The van der Waals surface area contributed by atoms with Crippen LogP contribution in [0, 0.1) is 6.92 Å². The Kier molecular flexibility index (Phi) is 4.11. The van der Waals surface area contributed by atoms with E-state index >= 15 is 0 Å². The third kappa shape index (κ3) is 2.70. The summed E-state index contributed by atoms with van der Waals surface area (Å²) in [5, 5.41) is 3.12. The summed E-state index contributed by atoms with van der Waals surface area (Å²) < 4.78 is 0.864. The van der Waals surface area contributed by atoms with Crippen LogP contribution >= 0.6 is 15.9 Å².